The highest BCUT2D eigenvalue weighted by molar-refractivity contribution is 9.10. The summed E-state index contributed by atoms with van der Waals surface area (Å²) in [5.74, 6) is 0.344. The molecule has 2 N–H and O–H groups in total. The summed E-state index contributed by atoms with van der Waals surface area (Å²) < 4.78 is 16.3. The third-order valence-electron chi connectivity index (χ3n) is 2.98. The Labute approximate surface area is 138 Å². The second kappa shape index (κ2) is 5.62. The topological polar surface area (TPSA) is 82.5 Å². The van der Waals surface area contributed by atoms with E-state index in [2.05, 4.69) is 36.1 Å². The van der Waals surface area contributed by atoms with Gasteiger partial charge in [-0.15, -0.1) is 10.2 Å². The molecule has 9 heteroatoms. The van der Waals surface area contributed by atoms with Gasteiger partial charge in [-0.25, -0.2) is 14.4 Å². The molecule has 2 aromatic heterocycles. The summed E-state index contributed by atoms with van der Waals surface area (Å²) in [5, 5.41) is 8.01. The van der Waals surface area contributed by atoms with Crippen LogP contribution < -0.4 is 5.73 Å². The van der Waals surface area contributed by atoms with Crippen molar-refractivity contribution in [1.29, 1.82) is 0 Å². The Hall–Kier alpha value is -2.06. The van der Waals surface area contributed by atoms with Gasteiger partial charge >= 0.3 is 0 Å². The number of nitrogens with two attached hydrogens (primary N) is 1. The maximum atomic E-state index is 14.3. The van der Waals surface area contributed by atoms with Crippen LogP contribution in [0.2, 0.25) is 5.02 Å². The number of hydrogen-bond donors (Lipinski definition) is 1. The monoisotopic (exact) mass is 382 g/mol. The van der Waals surface area contributed by atoms with Crippen LogP contribution in [0, 0.1) is 12.7 Å². The lowest BCUT2D eigenvalue weighted by Gasteiger charge is -2.11. The molecule has 0 aliphatic carbocycles. The molecule has 0 unspecified atom stereocenters. The highest BCUT2D eigenvalue weighted by atomic mass is 79.9. The van der Waals surface area contributed by atoms with E-state index in [4.69, 9.17) is 17.3 Å². The molecule has 6 nitrogen and oxygen atoms in total. The van der Waals surface area contributed by atoms with Gasteiger partial charge in [0.2, 0.25) is 0 Å². The van der Waals surface area contributed by atoms with Crippen molar-refractivity contribution >= 4 is 33.3 Å². The third kappa shape index (κ3) is 2.44. The lowest BCUT2D eigenvalue weighted by Crippen LogP contribution is -2.06. The van der Waals surface area contributed by atoms with E-state index in [1.807, 2.05) is 0 Å². The Kier molecular flexibility index (Phi) is 3.79. The molecule has 3 rings (SSSR count). The third-order valence-corrected chi connectivity index (χ3v) is 3.65. The van der Waals surface area contributed by atoms with Crippen molar-refractivity contribution < 1.29 is 4.39 Å². The molecule has 0 amide bonds. The van der Waals surface area contributed by atoms with Gasteiger partial charge in [0.1, 0.15) is 10.4 Å². The van der Waals surface area contributed by atoms with Crippen LogP contribution in [0.4, 0.5) is 10.2 Å². The summed E-state index contributed by atoms with van der Waals surface area (Å²) in [6.45, 7) is 1.69. The number of halogens is 3. The van der Waals surface area contributed by atoms with Crippen LogP contribution in [-0.2, 0) is 0 Å². The first-order valence-corrected chi connectivity index (χ1v) is 7.31. The van der Waals surface area contributed by atoms with Crippen molar-refractivity contribution in [1.82, 2.24) is 24.7 Å². The average Bonchev–Trinajstić information content (AvgIpc) is 2.86. The molecule has 0 atom stereocenters. The molecule has 2 heterocycles. The summed E-state index contributed by atoms with van der Waals surface area (Å²) in [6, 6.07) is 4.68. The number of benzene rings is 1. The first-order chi connectivity index (χ1) is 10.5. The quantitative estimate of drug-likeness (QED) is 0.735. The molecule has 0 fully saturated rings. The van der Waals surface area contributed by atoms with Gasteiger partial charge in [-0.05, 0) is 35.0 Å². The predicted molar refractivity (Wildman–Crippen MR) is 84.2 cm³/mol. The fourth-order valence-electron chi connectivity index (χ4n) is 2.01. The van der Waals surface area contributed by atoms with Gasteiger partial charge in [-0.2, -0.15) is 0 Å². The zero-order chi connectivity index (χ0) is 15.9. The molecule has 0 spiro atoms. The minimum atomic E-state index is -0.574. The molecule has 0 bridgehead atoms. The van der Waals surface area contributed by atoms with Crippen molar-refractivity contribution in [3.63, 3.8) is 0 Å². The lowest BCUT2D eigenvalue weighted by atomic mass is 10.2. The molecule has 0 aliphatic rings. The first kappa shape index (κ1) is 14.9. The largest absolute Gasteiger partial charge is 0.382 e. The Morgan fingerprint density at radius 2 is 2.09 bits per heavy atom. The van der Waals surface area contributed by atoms with Crippen LogP contribution in [0.25, 0.3) is 17.2 Å². The summed E-state index contributed by atoms with van der Waals surface area (Å²) in [5.41, 5.74) is 6.36. The number of aromatic nitrogens is 5. The second-order valence-electron chi connectivity index (χ2n) is 4.41. The van der Waals surface area contributed by atoms with E-state index in [0.717, 1.165) is 0 Å². The van der Waals surface area contributed by atoms with E-state index < -0.39 is 5.82 Å². The first-order valence-electron chi connectivity index (χ1n) is 6.14. The van der Waals surface area contributed by atoms with Gasteiger partial charge in [0.15, 0.2) is 23.2 Å². The van der Waals surface area contributed by atoms with Gasteiger partial charge in [-0.1, -0.05) is 17.7 Å². The highest BCUT2D eigenvalue weighted by Gasteiger charge is 2.20. The van der Waals surface area contributed by atoms with Gasteiger partial charge in [-0.3, -0.25) is 4.57 Å². The number of anilines is 1. The van der Waals surface area contributed by atoms with Crippen LogP contribution in [0.3, 0.4) is 0 Å². The number of nitrogens with zero attached hydrogens (tertiary/aromatic N) is 5. The van der Waals surface area contributed by atoms with Gasteiger partial charge < -0.3 is 5.73 Å². The van der Waals surface area contributed by atoms with Gasteiger partial charge in [0, 0.05) is 0 Å². The maximum Gasteiger partial charge on any atom is 0.191 e. The van der Waals surface area contributed by atoms with E-state index >= 15 is 0 Å². The van der Waals surface area contributed by atoms with Crippen LogP contribution in [0.15, 0.2) is 29.0 Å². The van der Waals surface area contributed by atoms with Crippen LogP contribution in [0.5, 0.6) is 0 Å². The molecular formula is C13H9BrClFN6. The summed E-state index contributed by atoms with van der Waals surface area (Å²) >= 11 is 9.07. The Morgan fingerprint density at radius 1 is 1.32 bits per heavy atom. The lowest BCUT2D eigenvalue weighted by molar-refractivity contribution is 0.617. The molecule has 112 valence electrons. The van der Waals surface area contributed by atoms with Crippen molar-refractivity contribution in [2.24, 2.45) is 0 Å². The summed E-state index contributed by atoms with van der Waals surface area (Å²) in [4.78, 5) is 8.25. The molecule has 1 aromatic carbocycles. The number of hydrogen-bond acceptors (Lipinski definition) is 5. The standard InChI is InChI=1S/C13H9BrClFN6/c1-6-20-21-13(11-12(17)18-5-9(14)19-11)22(6)8-4-2-3-7(15)10(8)16/h2-5H,1H3,(H2,17,18). The van der Waals surface area contributed by atoms with Gasteiger partial charge in [0.05, 0.1) is 16.9 Å². The van der Waals surface area contributed by atoms with Crippen molar-refractivity contribution in [2.75, 3.05) is 5.73 Å². The second-order valence-corrected chi connectivity index (χ2v) is 5.63. The number of nitrogen functional groups attached to an aromatic ring is 1. The Bertz CT molecular complexity index is 866. The molecule has 0 saturated carbocycles. The normalized spacial score (nSPS) is 10.9. The van der Waals surface area contributed by atoms with Crippen molar-refractivity contribution in [3.05, 3.63) is 45.7 Å². The minimum Gasteiger partial charge on any atom is -0.382 e. The molecule has 22 heavy (non-hydrogen) atoms. The average molecular weight is 384 g/mol. The van der Waals surface area contributed by atoms with E-state index in [1.165, 1.54) is 16.8 Å². The zero-order valence-electron chi connectivity index (χ0n) is 11.3. The van der Waals surface area contributed by atoms with E-state index in [9.17, 15) is 4.39 Å². The van der Waals surface area contributed by atoms with E-state index in [1.54, 1.807) is 19.1 Å². The predicted octanol–water partition coefficient (Wildman–Crippen LogP) is 3.17. The van der Waals surface area contributed by atoms with E-state index in [-0.39, 0.29) is 22.4 Å². The van der Waals surface area contributed by atoms with Crippen molar-refractivity contribution in [2.45, 2.75) is 6.92 Å². The Morgan fingerprint density at radius 3 is 2.86 bits per heavy atom. The molecule has 0 aliphatic heterocycles. The maximum absolute atomic E-state index is 14.3. The molecular weight excluding hydrogens is 375 g/mol. The minimum absolute atomic E-state index is 0.00449. The van der Waals surface area contributed by atoms with E-state index in [0.29, 0.717) is 16.1 Å². The number of aryl methyl sites for hydroxylation is 1. The zero-order valence-corrected chi connectivity index (χ0v) is 13.6. The SMILES string of the molecule is Cc1nnc(-c2nc(Br)cnc2N)n1-c1cccc(Cl)c1F. The number of rotatable bonds is 2. The highest BCUT2D eigenvalue weighted by Crippen LogP contribution is 2.29. The molecule has 3 aromatic rings. The van der Waals surface area contributed by atoms with Crippen LogP contribution in [-0.4, -0.2) is 24.7 Å². The summed E-state index contributed by atoms with van der Waals surface area (Å²) in [6.07, 6.45) is 1.46. The molecule has 0 saturated heterocycles. The molecule has 0 radical (unpaired) electrons. The van der Waals surface area contributed by atoms with Crippen LogP contribution in [0.1, 0.15) is 5.82 Å². The smallest absolute Gasteiger partial charge is 0.191 e. The van der Waals surface area contributed by atoms with Gasteiger partial charge in [0.25, 0.3) is 0 Å². The fraction of sp³-hybridized carbons (Fsp3) is 0.0769. The fourth-order valence-corrected chi connectivity index (χ4v) is 2.46. The van der Waals surface area contributed by atoms with Crippen LogP contribution >= 0.6 is 27.5 Å². The summed E-state index contributed by atoms with van der Waals surface area (Å²) in [7, 11) is 0. The van der Waals surface area contributed by atoms with Crippen molar-refractivity contribution in [3.8, 4) is 17.2 Å². The Balaban J connectivity index is 2.29.